The molecular weight excluding hydrogens is 216 g/mol. The number of aliphatic imine (C=N–C) groups is 1. The van der Waals surface area contributed by atoms with E-state index in [0.717, 1.165) is 24.2 Å². The molecular formula is C13H18N2O2. The van der Waals surface area contributed by atoms with E-state index < -0.39 is 0 Å². The number of hydrogen-bond donors (Lipinski definition) is 1. The number of aliphatic hydroxyl groups is 1. The van der Waals surface area contributed by atoms with Gasteiger partial charge in [0.1, 0.15) is 5.69 Å². The van der Waals surface area contributed by atoms with Gasteiger partial charge in [-0.25, -0.2) is 4.98 Å². The Labute approximate surface area is 101 Å². The predicted molar refractivity (Wildman–Crippen MR) is 67.6 cm³/mol. The van der Waals surface area contributed by atoms with Crippen molar-refractivity contribution in [3.63, 3.8) is 0 Å². The molecule has 17 heavy (non-hydrogen) atoms. The Morgan fingerprint density at radius 2 is 2.00 bits per heavy atom. The van der Waals surface area contributed by atoms with E-state index in [4.69, 9.17) is 5.11 Å². The SMILES string of the molecule is CC(=O)c1cccc(C(C)=NCCCCO)n1. The Bertz CT molecular complexity index is 414. The zero-order valence-corrected chi connectivity index (χ0v) is 10.3. The van der Waals surface area contributed by atoms with Gasteiger partial charge in [-0.3, -0.25) is 9.79 Å². The lowest BCUT2D eigenvalue weighted by Gasteiger charge is -2.02. The fourth-order valence-electron chi connectivity index (χ4n) is 1.38. The third kappa shape index (κ3) is 4.44. The van der Waals surface area contributed by atoms with E-state index >= 15 is 0 Å². The maximum atomic E-state index is 11.2. The Hall–Kier alpha value is -1.55. The minimum atomic E-state index is -0.0417. The highest BCUT2D eigenvalue weighted by Crippen LogP contribution is 2.03. The molecule has 1 rings (SSSR count). The van der Waals surface area contributed by atoms with Crippen LogP contribution < -0.4 is 0 Å². The van der Waals surface area contributed by atoms with Crippen LogP contribution in [0.4, 0.5) is 0 Å². The molecule has 4 heteroatoms. The fraction of sp³-hybridized carbons (Fsp3) is 0.462. The molecule has 4 nitrogen and oxygen atoms in total. The summed E-state index contributed by atoms with van der Waals surface area (Å²) >= 11 is 0. The lowest BCUT2D eigenvalue weighted by molar-refractivity contribution is 0.101. The molecule has 0 aliphatic rings. The molecule has 1 aromatic rings. The molecule has 0 fully saturated rings. The van der Waals surface area contributed by atoms with Crippen LogP contribution in [0.3, 0.4) is 0 Å². The minimum absolute atomic E-state index is 0.0417. The average molecular weight is 234 g/mol. The molecule has 0 saturated carbocycles. The molecule has 0 saturated heterocycles. The molecule has 0 atom stereocenters. The van der Waals surface area contributed by atoms with E-state index in [1.165, 1.54) is 6.92 Å². The van der Waals surface area contributed by atoms with E-state index in [2.05, 4.69) is 9.98 Å². The molecule has 0 aliphatic heterocycles. The van der Waals surface area contributed by atoms with Gasteiger partial charge in [-0.05, 0) is 31.9 Å². The van der Waals surface area contributed by atoms with Crippen molar-refractivity contribution in [2.75, 3.05) is 13.2 Å². The first-order valence-corrected chi connectivity index (χ1v) is 5.75. The van der Waals surface area contributed by atoms with Gasteiger partial charge in [-0.15, -0.1) is 0 Å². The van der Waals surface area contributed by atoms with Crippen molar-refractivity contribution >= 4 is 11.5 Å². The molecule has 92 valence electrons. The number of hydrogen-bond acceptors (Lipinski definition) is 4. The summed E-state index contributed by atoms with van der Waals surface area (Å²) in [5.41, 5.74) is 2.03. The number of Topliss-reactive ketones (excluding diaryl/α,β-unsaturated/α-hetero) is 1. The van der Waals surface area contributed by atoms with E-state index in [1.54, 1.807) is 6.07 Å². The normalized spacial score (nSPS) is 11.6. The number of ketones is 1. The maximum Gasteiger partial charge on any atom is 0.178 e. The molecule has 0 amide bonds. The molecule has 0 aliphatic carbocycles. The maximum absolute atomic E-state index is 11.2. The van der Waals surface area contributed by atoms with Crippen molar-refractivity contribution in [2.45, 2.75) is 26.7 Å². The van der Waals surface area contributed by atoms with Gasteiger partial charge >= 0.3 is 0 Å². The molecule has 0 unspecified atom stereocenters. The standard InChI is InChI=1S/C13H18N2O2/c1-10(14-8-3-4-9-16)12-6-5-7-13(15-12)11(2)17/h5-7,16H,3-4,8-9H2,1-2H3. The van der Waals surface area contributed by atoms with Crippen molar-refractivity contribution in [1.82, 2.24) is 4.98 Å². The van der Waals surface area contributed by atoms with Crippen molar-refractivity contribution in [3.05, 3.63) is 29.6 Å². The first kappa shape index (κ1) is 13.5. The topological polar surface area (TPSA) is 62.5 Å². The second-order valence-electron chi connectivity index (χ2n) is 3.86. The molecule has 1 heterocycles. The largest absolute Gasteiger partial charge is 0.396 e. The Morgan fingerprint density at radius 1 is 1.29 bits per heavy atom. The monoisotopic (exact) mass is 234 g/mol. The van der Waals surface area contributed by atoms with Crippen LogP contribution in [0, 0.1) is 0 Å². The summed E-state index contributed by atoms with van der Waals surface area (Å²) in [6, 6.07) is 5.36. The summed E-state index contributed by atoms with van der Waals surface area (Å²) in [7, 11) is 0. The third-order valence-electron chi connectivity index (χ3n) is 2.40. The van der Waals surface area contributed by atoms with Crippen LogP contribution in [0.1, 0.15) is 42.9 Å². The first-order chi connectivity index (χ1) is 8.15. The van der Waals surface area contributed by atoms with Crippen LogP contribution in [0.15, 0.2) is 23.2 Å². The van der Waals surface area contributed by atoms with Gasteiger partial charge in [0.25, 0.3) is 0 Å². The number of pyridine rings is 1. The van der Waals surface area contributed by atoms with Gasteiger partial charge in [0.2, 0.25) is 0 Å². The van der Waals surface area contributed by atoms with E-state index in [-0.39, 0.29) is 12.4 Å². The van der Waals surface area contributed by atoms with Crippen molar-refractivity contribution in [3.8, 4) is 0 Å². The van der Waals surface area contributed by atoms with Crippen molar-refractivity contribution in [1.29, 1.82) is 0 Å². The zero-order chi connectivity index (χ0) is 12.7. The number of rotatable bonds is 6. The highest BCUT2D eigenvalue weighted by atomic mass is 16.2. The number of carbonyl (C=O) groups is 1. The van der Waals surface area contributed by atoms with E-state index in [1.807, 2.05) is 19.1 Å². The molecule has 0 aromatic carbocycles. The van der Waals surface area contributed by atoms with Crippen molar-refractivity contribution < 1.29 is 9.90 Å². The first-order valence-electron chi connectivity index (χ1n) is 5.75. The van der Waals surface area contributed by atoms with Gasteiger partial charge in [-0.1, -0.05) is 6.07 Å². The predicted octanol–water partition coefficient (Wildman–Crippen LogP) is 1.87. The third-order valence-corrected chi connectivity index (χ3v) is 2.40. The minimum Gasteiger partial charge on any atom is -0.396 e. The van der Waals surface area contributed by atoms with Gasteiger partial charge in [0, 0.05) is 20.1 Å². The van der Waals surface area contributed by atoms with Gasteiger partial charge in [-0.2, -0.15) is 0 Å². The molecule has 0 bridgehead atoms. The second-order valence-corrected chi connectivity index (χ2v) is 3.86. The van der Waals surface area contributed by atoms with E-state index in [0.29, 0.717) is 12.2 Å². The number of aromatic nitrogens is 1. The quantitative estimate of drug-likeness (QED) is 0.464. The summed E-state index contributed by atoms with van der Waals surface area (Å²) in [5, 5.41) is 8.65. The van der Waals surface area contributed by atoms with Gasteiger partial charge < -0.3 is 5.11 Å². The Balaban J connectivity index is 2.71. The smallest absolute Gasteiger partial charge is 0.178 e. The number of nitrogens with zero attached hydrogens (tertiary/aromatic N) is 2. The summed E-state index contributed by atoms with van der Waals surface area (Å²) in [4.78, 5) is 19.8. The van der Waals surface area contributed by atoms with Crippen molar-refractivity contribution in [2.24, 2.45) is 4.99 Å². The highest BCUT2D eigenvalue weighted by Gasteiger charge is 2.04. The lowest BCUT2D eigenvalue weighted by Crippen LogP contribution is -2.05. The molecule has 0 spiro atoms. The fourth-order valence-corrected chi connectivity index (χ4v) is 1.38. The number of unbranched alkanes of at least 4 members (excludes halogenated alkanes) is 1. The van der Waals surface area contributed by atoms with Crippen LogP contribution in [0.25, 0.3) is 0 Å². The van der Waals surface area contributed by atoms with Crippen LogP contribution in [-0.2, 0) is 0 Å². The van der Waals surface area contributed by atoms with Gasteiger partial charge in [0.05, 0.1) is 11.4 Å². The van der Waals surface area contributed by atoms with Crippen LogP contribution in [-0.4, -0.2) is 34.7 Å². The van der Waals surface area contributed by atoms with Crippen LogP contribution in [0.5, 0.6) is 0 Å². The number of carbonyl (C=O) groups excluding carboxylic acids is 1. The summed E-state index contributed by atoms with van der Waals surface area (Å²) in [6.07, 6.45) is 1.62. The highest BCUT2D eigenvalue weighted by molar-refractivity contribution is 5.99. The molecule has 0 radical (unpaired) electrons. The Morgan fingerprint density at radius 3 is 2.65 bits per heavy atom. The van der Waals surface area contributed by atoms with E-state index in [9.17, 15) is 4.79 Å². The average Bonchev–Trinajstić information content (AvgIpc) is 2.34. The second kappa shape index (κ2) is 6.91. The molecule has 1 N–H and O–H groups in total. The summed E-state index contributed by atoms with van der Waals surface area (Å²) in [6.45, 7) is 4.26. The number of aliphatic hydroxyl groups excluding tert-OH is 1. The zero-order valence-electron chi connectivity index (χ0n) is 10.3. The molecule has 1 aromatic heterocycles. The summed E-state index contributed by atoms with van der Waals surface area (Å²) < 4.78 is 0. The van der Waals surface area contributed by atoms with Crippen LogP contribution in [0.2, 0.25) is 0 Å². The van der Waals surface area contributed by atoms with Gasteiger partial charge in [0.15, 0.2) is 5.78 Å². The Kier molecular flexibility index (Phi) is 5.49. The van der Waals surface area contributed by atoms with Crippen LogP contribution >= 0.6 is 0 Å². The summed E-state index contributed by atoms with van der Waals surface area (Å²) in [5.74, 6) is -0.0417. The lowest BCUT2D eigenvalue weighted by atomic mass is 10.2.